The summed E-state index contributed by atoms with van der Waals surface area (Å²) in [7, 11) is 0. The van der Waals surface area contributed by atoms with Crippen LogP contribution in [0.3, 0.4) is 0 Å². The number of aryl methyl sites for hydroxylation is 1. The number of hydrogen-bond acceptors (Lipinski definition) is 5. The first kappa shape index (κ1) is 10.6. The Bertz CT molecular complexity index is 567. The van der Waals surface area contributed by atoms with Crippen LogP contribution in [-0.2, 0) is 0 Å². The Kier molecular flexibility index (Phi) is 2.57. The van der Waals surface area contributed by atoms with Crippen LogP contribution in [0.4, 0.5) is 5.82 Å². The topological polar surface area (TPSA) is 79.1 Å². The van der Waals surface area contributed by atoms with Crippen LogP contribution in [0.5, 0.6) is 0 Å². The molecule has 0 radical (unpaired) electrons. The van der Waals surface area contributed by atoms with Crippen LogP contribution in [0, 0.1) is 11.6 Å². The molecule has 82 valence electrons. The molecule has 0 saturated heterocycles. The lowest BCUT2D eigenvalue weighted by molar-refractivity contribution is 0.910. The van der Waals surface area contributed by atoms with E-state index in [1.807, 2.05) is 13.0 Å². The molecule has 0 amide bonds. The van der Waals surface area contributed by atoms with E-state index in [-0.39, 0.29) is 0 Å². The van der Waals surface area contributed by atoms with Gasteiger partial charge in [-0.3, -0.25) is 5.43 Å². The van der Waals surface area contributed by atoms with Gasteiger partial charge in [0.25, 0.3) is 0 Å². The second-order valence-corrected chi connectivity index (χ2v) is 3.79. The van der Waals surface area contributed by atoms with Gasteiger partial charge in [0.2, 0.25) is 0 Å². The number of anilines is 1. The van der Waals surface area contributed by atoms with Crippen LogP contribution in [0.25, 0.3) is 0 Å². The highest BCUT2D eigenvalue weighted by Gasteiger charge is 2.10. The van der Waals surface area contributed by atoms with E-state index in [2.05, 4.69) is 27.1 Å². The quantitative estimate of drug-likeness (QED) is 0.641. The van der Waals surface area contributed by atoms with Gasteiger partial charge in [-0.15, -0.1) is 0 Å². The summed E-state index contributed by atoms with van der Waals surface area (Å²) in [5.74, 6) is 0.478. The molecule has 2 heterocycles. The molecule has 6 heteroatoms. The third kappa shape index (κ3) is 1.87. The Balaban J connectivity index is 2.50. The minimum Gasteiger partial charge on any atom is -0.384 e. The number of nitrogens with one attached hydrogen (secondary N) is 2. The summed E-state index contributed by atoms with van der Waals surface area (Å²) in [6.07, 6.45) is 3.62. The molecule has 0 spiro atoms. The van der Waals surface area contributed by atoms with Crippen molar-refractivity contribution in [2.75, 3.05) is 5.73 Å². The van der Waals surface area contributed by atoms with E-state index in [1.165, 1.54) is 0 Å². The molecule has 2 rings (SSSR count). The zero-order valence-electron chi connectivity index (χ0n) is 8.74. The van der Waals surface area contributed by atoms with Crippen molar-refractivity contribution in [1.29, 1.82) is 0 Å². The number of nitrogen functional groups attached to an aromatic ring is 1. The molecule has 0 unspecified atom stereocenters. The molecule has 0 aliphatic carbocycles. The van der Waals surface area contributed by atoms with Gasteiger partial charge in [-0.1, -0.05) is 18.8 Å². The molecule has 1 aromatic heterocycles. The number of H-pyrrole nitrogens is 1. The molecule has 0 atom stereocenters. The molecule has 0 saturated carbocycles. The number of aromatic nitrogens is 2. The van der Waals surface area contributed by atoms with E-state index in [1.54, 1.807) is 6.08 Å². The van der Waals surface area contributed by atoms with Gasteiger partial charge in [0.15, 0.2) is 0 Å². The normalized spacial score (nSPS) is 14.6. The van der Waals surface area contributed by atoms with Crippen molar-refractivity contribution >= 4 is 23.7 Å². The van der Waals surface area contributed by atoms with E-state index in [0.717, 1.165) is 5.70 Å². The average molecular weight is 233 g/mol. The molecule has 4 N–H and O–H groups in total. The maximum atomic E-state index is 5.67. The van der Waals surface area contributed by atoms with Crippen LogP contribution in [0.1, 0.15) is 11.4 Å². The molecule has 1 aliphatic heterocycles. The van der Waals surface area contributed by atoms with E-state index in [0.29, 0.717) is 27.6 Å². The van der Waals surface area contributed by atoms with Gasteiger partial charge >= 0.3 is 0 Å². The molecule has 1 aromatic rings. The number of allylic oxidation sites excluding steroid dienone is 2. The smallest absolute Gasteiger partial charge is 0.133 e. The van der Waals surface area contributed by atoms with Crippen LogP contribution in [0.15, 0.2) is 29.5 Å². The Labute approximate surface area is 97.8 Å². The summed E-state index contributed by atoms with van der Waals surface area (Å²) in [5.41, 5.74) is 11.1. The lowest BCUT2D eigenvalue weighted by Crippen LogP contribution is -2.15. The molecule has 5 nitrogen and oxygen atoms in total. The molecular weight excluding hydrogens is 222 g/mol. The average Bonchev–Trinajstić information content (AvgIpc) is 2.25. The summed E-state index contributed by atoms with van der Waals surface area (Å²) in [6.45, 7) is 5.53. The second-order valence-electron chi connectivity index (χ2n) is 3.38. The van der Waals surface area contributed by atoms with Crippen molar-refractivity contribution < 1.29 is 0 Å². The van der Waals surface area contributed by atoms with Crippen molar-refractivity contribution in [3.05, 3.63) is 40.5 Å². The first-order chi connectivity index (χ1) is 7.58. The second kappa shape index (κ2) is 3.90. The largest absolute Gasteiger partial charge is 0.384 e. The molecule has 1 aliphatic rings. The fraction of sp³-hybridized carbons (Fsp3) is 0.100. The molecule has 0 aromatic carbocycles. The van der Waals surface area contributed by atoms with Crippen LogP contribution in [0.2, 0.25) is 0 Å². The minimum absolute atomic E-state index is 0.473. The maximum Gasteiger partial charge on any atom is 0.133 e. The van der Waals surface area contributed by atoms with Crippen molar-refractivity contribution in [3.63, 3.8) is 0 Å². The first-order valence-electron chi connectivity index (χ1n) is 4.65. The summed E-state index contributed by atoms with van der Waals surface area (Å²) in [5, 5.41) is 4.10. The predicted octanol–water partition coefficient (Wildman–Crippen LogP) is 1.41. The van der Waals surface area contributed by atoms with Gasteiger partial charge in [-0.05, 0) is 19.1 Å². The van der Waals surface area contributed by atoms with Gasteiger partial charge < -0.3 is 10.7 Å². The summed E-state index contributed by atoms with van der Waals surface area (Å²) < 4.78 is 0.473. The number of rotatable bonds is 1. The Morgan fingerprint density at radius 3 is 2.81 bits per heavy atom. The maximum absolute atomic E-state index is 5.67. The highest BCUT2D eigenvalue weighted by Crippen LogP contribution is 2.10. The zero-order chi connectivity index (χ0) is 11.7. The molecule has 0 fully saturated rings. The van der Waals surface area contributed by atoms with Gasteiger partial charge in [0.1, 0.15) is 21.9 Å². The zero-order valence-corrected chi connectivity index (χ0v) is 9.56. The Morgan fingerprint density at radius 2 is 2.19 bits per heavy atom. The van der Waals surface area contributed by atoms with Crippen molar-refractivity contribution in [1.82, 2.24) is 15.4 Å². The third-order valence-electron chi connectivity index (χ3n) is 2.14. The fourth-order valence-corrected chi connectivity index (χ4v) is 1.50. The first-order valence-corrected chi connectivity index (χ1v) is 5.06. The number of nitrogens with two attached hydrogens (primary N) is 1. The number of aromatic amines is 1. The van der Waals surface area contributed by atoms with Crippen molar-refractivity contribution in [3.8, 4) is 0 Å². The van der Waals surface area contributed by atoms with Gasteiger partial charge in [0, 0.05) is 5.70 Å². The lowest BCUT2D eigenvalue weighted by Gasteiger charge is -2.10. The van der Waals surface area contributed by atoms with E-state index in [4.69, 9.17) is 18.0 Å². The highest BCUT2D eigenvalue weighted by atomic mass is 32.1. The van der Waals surface area contributed by atoms with E-state index < -0.39 is 0 Å². The minimum atomic E-state index is 0.473. The lowest BCUT2D eigenvalue weighted by atomic mass is 10.2. The third-order valence-corrected chi connectivity index (χ3v) is 2.43. The highest BCUT2D eigenvalue weighted by molar-refractivity contribution is 7.71. The Hall–Kier alpha value is -1.95. The SMILES string of the molecule is C=C1C=CC(c2nc(C)c(N)[nH]c2=S)=NN1. The van der Waals surface area contributed by atoms with Crippen molar-refractivity contribution in [2.24, 2.45) is 5.10 Å². The predicted molar refractivity (Wildman–Crippen MR) is 66.5 cm³/mol. The summed E-state index contributed by atoms with van der Waals surface area (Å²) in [4.78, 5) is 7.19. The van der Waals surface area contributed by atoms with E-state index >= 15 is 0 Å². The van der Waals surface area contributed by atoms with E-state index in [9.17, 15) is 0 Å². The summed E-state index contributed by atoms with van der Waals surface area (Å²) in [6, 6.07) is 0. The molecule has 0 bridgehead atoms. The number of nitrogens with zero attached hydrogens (tertiary/aromatic N) is 2. The summed E-state index contributed by atoms with van der Waals surface area (Å²) >= 11 is 5.15. The fourth-order valence-electron chi connectivity index (χ4n) is 1.24. The molecular formula is C10H11N5S. The van der Waals surface area contributed by atoms with Gasteiger partial charge in [-0.25, -0.2) is 4.98 Å². The molecule has 16 heavy (non-hydrogen) atoms. The monoisotopic (exact) mass is 233 g/mol. The van der Waals surface area contributed by atoms with Crippen LogP contribution < -0.4 is 11.2 Å². The number of hydrazone groups is 1. The van der Waals surface area contributed by atoms with Crippen LogP contribution >= 0.6 is 12.2 Å². The Morgan fingerprint density at radius 1 is 1.44 bits per heavy atom. The van der Waals surface area contributed by atoms with Gasteiger partial charge in [0.05, 0.1) is 5.69 Å². The van der Waals surface area contributed by atoms with Crippen molar-refractivity contribution in [2.45, 2.75) is 6.92 Å². The van der Waals surface area contributed by atoms with Crippen LogP contribution in [-0.4, -0.2) is 15.7 Å². The number of hydrogen-bond donors (Lipinski definition) is 3. The standard InChI is InChI=1S/C10H11N5S/c1-5-3-4-7(15-14-5)8-10(16)13-9(11)6(2)12-8/h3-4,14H,1H2,2H3,(H3,11,13,16). The van der Waals surface area contributed by atoms with Gasteiger partial charge in [-0.2, -0.15) is 5.10 Å².